The van der Waals surface area contributed by atoms with E-state index in [1.165, 1.54) is 0 Å². The molecule has 2 aliphatic heterocycles. The number of alkyl carbamates (subject to hydrolysis) is 1. The smallest absolute Gasteiger partial charge is 0.444 e. The second kappa shape index (κ2) is 9.09. The highest BCUT2D eigenvalue weighted by atomic mass is 32.1. The Balaban J connectivity index is 1.78. The highest BCUT2D eigenvalue weighted by molar-refractivity contribution is 7.13. The summed E-state index contributed by atoms with van der Waals surface area (Å²) in [5, 5.41) is 5.79. The van der Waals surface area contributed by atoms with E-state index in [-0.39, 0.29) is 6.54 Å². The van der Waals surface area contributed by atoms with Gasteiger partial charge in [-0.2, -0.15) is 0 Å². The number of anilines is 1. The molecule has 0 aliphatic carbocycles. The predicted octanol–water partition coefficient (Wildman–Crippen LogP) is 3.52. The van der Waals surface area contributed by atoms with Crippen molar-refractivity contribution in [3.8, 4) is 0 Å². The van der Waals surface area contributed by atoms with Crippen LogP contribution in [0.3, 0.4) is 0 Å². The number of ether oxygens (including phenoxy) is 2. The molecular weight excluding hydrogens is 417 g/mol. The fraction of sp³-hybridized carbons (Fsp3) is 0.714. The number of aromatic nitrogens is 1. The van der Waals surface area contributed by atoms with Gasteiger partial charge in [0.2, 0.25) is 0 Å². The fourth-order valence-corrected chi connectivity index (χ4v) is 3.95. The standard InChI is InChI=1S/C21H34BN3O5S/c1-19(2,3)28-18(26)23-13-15(22-29-20(4,5)21(6,7)30-22)12-16-14-31-17(24-16)25-8-10-27-11-9-25/h12,14H,8-11,13H2,1-7H3,(H,23,26). The van der Waals surface area contributed by atoms with E-state index in [1.807, 2.05) is 59.9 Å². The average molecular weight is 451 g/mol. The SMILES string of the molecule is CC(C)(C)OC(=O)NCC(=Cc1csc(N2CCOCC2)n1)B1OC(C)(C)C(C)(C)O1. The topological polar surface area (TPSA) is 82.2 Å². The fourth-order valence-electron chi connectivity index (χ4n) is 3.12. The van der Waals surface area contributed by atoms with E-state index in [1.54, 1.807) is 11.3 Å². The van der Waals surface area contributed by atoms with Crippen molar-refractivity contribution in [2.45, 2.75) is 65.3 Å². The van der Waals surface area contributed by atoms with E-state index in [0.717, 1.165) is 29.4 Å². The molecule has 1 aromatic rings. The van der Waals surface area contributed by atoms with Gasteiger partial charge in [-0.3, -0.25) is 0 Å². The van der Waals surface area contributed by atoms with Crippen molar-refractivity contribution < 1.29 is 23.6 Å². The van der Waals surface area contributed by atoms with Gasteiger partial charge in [0.1, 0.15) is 5.60 Å². The molecular formula is C21H34BN3O5S. The lowest BCUT2D eigenvalue weighted by Gasteiger charge is -2.32. The Kier molecular flexibility index (Phi) is 7.05. The second-order valence-electron chi connectivity index (χ2n) is 9.82. The average Bonchev–Trinajstić information content (AvgIpc) is 3.20. The second-order valence-corrected chi connectivity index (χ2v) is 10.7. The number of hydrogen-bond acceptors (Lipinski definition) is 8. The number of thiazole rings is 1. The Morgan fingerprint density at radius 3 is 2.45 bits per heavy atom. The van der Waals surface area contributed by atoms with Gasteiger partial charge in [-0.05, 0) is 60.0 Å². The number of nitrogens with zero attached hydrogens (tertiary/aromatic N) is 2. The van der Waals surface area contributed by atoms with E-state index in [0.29, 0.717) is 13.2 Å². The number of nitrogens with one attached hydrogen (secondary N) is 1. The van der Waals surface area contributed by atoms with Gasteiger partial charge in [-0.1, -0.05) is 0 Å². The van der Waals surface area contributed by atoms with Gasteiger partial charge in [0.05, 0.1) is 30.1 Å². The lowest BCUT2D eigenvalue weighted by Crippen LogP contribution is -2.41. The van der Waals surface area contributed by atoms with E-state index < -0.39 is 30.0 Å². The maximum Gasteiger partial charge on any atom is 0.492 e. The quantitative estimate of drug-likeness (QED) is 0.686. The Morgan fingerprint density at radius 2 is 1.87 bits per heavy atom. The maximum absolute atomic E-state index is 12.2. The van der Waals surface area contributed by atoms with Crippen LogP contribution in [0.2, 0.25) is 0 Å². The third-order valence-corrected chi connectivity index (χ3v) is 6.44. The lowest BCUT2D eigenvalue weighted by molar-refractivity contribution is 0.00578. The predicted molar refractivity (Wildman–Crippen MR) is 123 cm³/mol. The van der Waals surface area contributed by atoms with E-state index in [2.05, 4.69) is 10.2 Å². The molecule has 0 spiro atoms. The number of carbonyl (C=O) groups excluding carboxylic acids is 1. The van der Waals surface area contributed by atoms with Crippen LogP contribution in [0.15, 0.2) is 10.9 Å². The van der Waals surface area contributed by atoms with E-state index >= 15 is 0 Å². The van der Waals surface area contributed by atoms with Gasteiger partial charge in [0.25, 0.3) is 0 Å². The summed E-state index contributed by atoms with van der Waals surface area (Å²) < 4.78 is 23.2. The highest BCUT2D eigenvalue weighted by Crippen LogP contribution is 2.39. The number of morpholine rings is 1. The molecule has 0 radical (unpaired) electrons. The molecule has 3 heterocycles. The number of carbonyl (C=O) groups is 1. The van der Waals surface area contributed by atoms with Crippen LogP contribution in [0.5, 0.6) is 0 Å². The molecule has 10 heteroatoms. The summed E-state index contributed by atoms with van der Waals surface area (Å²) in [4.78, 5) is 19.2. The molecule has 2 fully saturated rings. The minimum Gasteiger partial charge on any atom is -0.444 e. The van der Waals surface area contributed by atoms with Crippen LogP contribution in [-0.4, -0.2) is 67.8 Å². The van der Waals surface area contributed by atoms with Gasteiger partial charge < -0.3 is 29.0 Å². The molecule has 0 unspecified atom stereocenters. The zero-order valence-corrected chi connectivity index (χ0v) is 20.4. The van der Waals surface area contributed by atoms with Crippen LogP contribution >= 0.6 is 11.3 Å². The van der Waals surface area contributed by atoms with Crippen molar-refractivity contribution in [2.24, 2.45) is 0 Å². The first-order chi connectivity index (χ1) is 14.4. The minimum atomic E-state index is -0.589. The summed E-state index contributed by atoms with van der Waals surface area (Å²) in [6, 6.07) is 0. The van der Waals surface area contributed by atoms with Crippen molar-refractivity contribution in [1.29, 1.82) is 0 Å². The van der Waals surface area contributed by atoms with Crippen LogP contribution in [-0.2, 0) is 18.8 Å². The molecule has 0 atom stereocenters. The summed E-state index contributed by atoms with van der Waals surface area (Å²) in [6.07, 6.45) is 1.45. The van der Waals surface area contributed by atoms with Gasteiger partial charge in [-0.15, -0.1) is 11.3 Å². The molecule has 1 amide bonds. The molecule has 31 heavy (non-hydrogen) atoms. The summed E-state index contributed by atoms with van der Waals surface area (Å²) in [6.45, 7) is 16.8. The molecule has 8 nitrogen and oxygen atoms in total. The van der Waals surface area contributed by atoms with Gasteiger partial charge >= 0.3 is 13.2 Å². The third-order valence-electron chi connectivity index (χ3n) is 5.52. The molecule has 2 saturated heterocycles. The van der Waals surface area contributed by atoms with Crippen molar-refractivity contribution in [2.75, 3.05) is 37.7 Å². The zero-order chi connectivity index (χ0) is 22.9. The number of amides is 1. The summed E-state index contributed by atoms with van der Waals surface area (Å²) >= 11 is 1.59. The highest BCUT2D eigenvalue weighted by Gasteiger charge is 2.52. The number of rotatable bonds is 5. The molecule has 2 aliphatic rings. The van der Waals surface area contributed by atoms with Crippen LogP contribution in [0.4, 0.5) is 9.93 Å². The van der Waals surface area contributed by atoms with E-state index in [4.69, 9.17) is 23.8 Å². The largest absolute Gasteiger partial charge is 0.492 e. The molecule has 1 N–H and O–H groups in total. The van der Waals surface area contributed by atoms with Crippen molar-refractivity contribution in [3.63, 3.8) is 0 Å². The minimum absolute atomic E-state index is 0.232. The Bertz CT molecular complexity index is 796. The summed E-state index contributed by atoms with van der Waals surface area (Å²) in [5.41, 5.74) is 0.0544. The molecule has 0 aromatic carbocycles. The molecule has 1 aromatic heterocycles. The van der Waals surface area contributed by atoms with Crippen LogP contribution in [0, 0.1) is 0 Å². The monoisotopic (exact) mass is 451 g/mol. The first kappa shape index (κ1) is 24.0. The number of hydrogen-bond donors (Lipinski definition) is 1. The summed E-state index contributed by atoms with van der Waals surface area (Å²) in [7, 11) is -0.589. The normalized spacial score (nSPS) is 21.3. The van der Waals surface area contributed by atoms with Crippen LogP contribution in [0.25, 0.3) is 6.08 Å². The molecule has 0 saturated carbocycles. The van der Waals surface area contributed by atoms with Crippen molar-refractivity contribution in [1.82, 2.24) is 10.3 Å². The van der Waals surface area contributed by atoms with Gasteiger partial charge in [-0.25, -0.2) is 9.78 Å². The van der Waals surface area contributed by atoms with E-state index in [9.17, 15) is 4.79 Å². The van der Waals surface area contributed by atoms with Gasteiger partial charge in [0.15, 0.2) is 5.13 Å². The third kappa shape index (κ3) is 6.22. The van der Waals surface area contributed by atoms with Crippen LogP contribution in [0.1, 0.15) is 54.2 Å². The first-order valence-corrected chi connectivity index (χ1v) is 11.6. The molecule has 172 valence electrons. The van der Waals surface area contributed by atoms with Crippen LogP contribution < -0.4 is 10.2 Å². The van der Waals surface area contributed by atoms with Crippen molar-refractivity contribution >= 4 is 35.8 Å². The summed E-state index contributed by atoms with van der Waals surface area (Å²) in [5.74, 6) is 0. The van der Waals surface area contributed by atoms with Crippen molar-refractivity contribution in [3.05, 3.63) is 16.5 Å². The van der Waals surface area contributed by atoms with Gasteiger partial charge in [0, 0.05) is 25.0 Å². The maximum atomic E-state index is 12.2. The molecule has 0 bridgehead atoms. The Labute approximate surface area is 189 Å². The first-order valence-electron chi connectivity index (χ1n) is 10.7. The lowest BCUT2D eigenvalue weighted by atomic mass is 9.77. The Hall–Kier alpha value is -1.62. The Morgan fingerprint density at radius 1 is 1.26 bits per heavy atom. The molecule has 3 rings (SSSR count). The zero-order valence-electron chi connectivity index (χ0n) is 19.6.